The number of hydrogen-bond acceptors (Lipinski definition) is 3. The van der Waals surface area contributed by atoms with Gasteiger partial charge < -0.3 is 10.1 Å². The van der Waals surface area contributed by atoms with Crippen LogP contribution in [0.3, 0.4) is 0 Å². The van der Waals surface area contributed by atoms with E-state index in [4.69, 9.17) is 4.74 Å². The highest BCUT2D eigenvalue weighted by molar-refractivity contribution is 5.25. The van der Waals surface area contributed by atoms with Gasteiger partial charge in [0.25, 0.3) is 0 Å². The third-order valence-electron chi connectivity index (χ3n) is 3.10. The van der Waals surface area contributed by atoms with Crippen molar-refractivity contribution >= 4 is 0 Å². The summed E-state index contributed by atoms with van der Waals surface area (Å²) in [6, 6.07) is 4.19. The van der Waals surface area contributed by atoms with Crippen LogP contribution in [0.4, 0.5) is 0 Å². The lowest BCUT2D eigenvalue weighted by molar-refractivity contribution is 0.163. The molecular weight excluding hydrogens is 224 g/mol. The third-order valence-corrected chi connectivity index (χ3v) is 3.10. The minimum atomic E-state index is 0.191. The van der Waals surface area contributed by atoms with Crippen LogP contribution >= 0.6 is 0 Å². The lowest BCUT2D eigenvalue weighted by Gasteiger charge is -2.18. The van der Waals surface area contributed by atoms with Gasteiger partial charge in [0, 0.05) is 18.3 Å². The molecule has 0 aliphatic carbocycles. The predicted octanol–water partition coefficient (Wildman–Crippen LogP) is 3.18. The molecule has 0 amide bonds. The van der Waals surface area contributed by atoms with Gasteiger partial charge in [-0.2, -0.15) is 0 Å². The number of nitrogens with zero attached hydrogens (tertiary/aromatic N) is 1. The van der Waals surface area contributed by atoms with Crippen molar-refractivity contribution in [1.29, 1.82) is 0 Å². The van der Waals surface area contributed by atoms with Crippen LogP contribution in [-0.4, -0.2) is 17.6 Å². The summed E-state index contributed by atoms with van der Waals surface area (Å²) in [4.78, 5) is 4.53. The second kappa shape index (κ2) is 7.37. The largest absolute Gasteiger partial charge is 0.474 e. The Hall–Kier alpha value is -1.09. The molecule has 0 saturated heterocycles. The molecule has 0 saturated carbocycles. The fourth-order valence-electron chi connectivity index (χ4n) is 1.56. The topological polar surface area (TPSA) is 34.2 Å². The van der Waals surface area contributed by atoms with E-state index < -0.39 is 0 Å². The minimum Gasteiger partial charge on any atom is -0.474 e. The van der Waals surface area contributed by atoms with E-state index in [1.54, 1.807) is 0 Å². The molecular formula is C15H26N2O. The first kappa shape index (κ1) is 15.0. The first-order valence-electron chi connectivity index (χ1n) is 6.94. The second-order valence-electron chi connectivity index (χ2n) is 5.01. The van der Waals surface area contributed by atoms with Gasteiger partial charge in [-0.1, -0.05) is 27.7 Å². The number of ether oxygens (including phenoxy) is 1. The zero-order valence-electron chi connectivity index (χ0n) is 12.3. The van der Waals surface area contributed by atoms with Crippen molar-refractivity contribution in [3.63, 3.8) is 0 Å². The van der Waals surface area contributed by atoms with Crippen molar-refractivity contribution in [2.75, 3.05) is 6.54 Å². The van der Waals surface area contributed by atoms with E-state index in [0.29, 0.717) is 5.92 Å². The van der Waals surface area contributed by atoms with Crippen molar-refractivity contribution in [2.45, 2.75) is 53.7 Å². The Bertz CT molecular complexity index is 364. The third kappa shape index (κ3) is 4.65. The lowest BCUT2D eigenvalue weighted by atomic mass is 10.1. The SMILES string of the molecule is CCNCc1cc(CC)nc(OC(C)C(C)C)c1. The molecule has 1 rings (SSSR count). The van der Waals surface area contributed by atoms with Gasteiger partial charge in [0.2, 0.25) is 5.88 Å². The normalized spacial score (nSPS) is 12.8. The summed E-state index contributed by atoms with van der Waals surface area (Å²) in [6.45, 7) is 12.5. The molecule has 0 aliphatic rings. The van der Waals surface area contributed by atoms with E-state index in [1.165, 1.54) is 5.56 Å². The van der Waals surface area contributed by atoms with Gasteiger partial charge in [0.1, 0.15) is 0 Å². The molecule has 1 aromatic heterocycles. The van der Waals surface area contributed by atoms with Crippen molar-refractivity contribution < 1.29 is 4.74 Å². The Labute approximate surface area is 111 Å². The van der Waals surface area contributed by atoms with E-state index in [0.717, 1.165) is 31.1 Å². The average Bonchev–Trinajstić information content (AvgIpc) is 2.35. The molecule has 0 radical (unpaired) electrons. The summed E-state index contributed by atoms with van der Waals surface area (Å²) >= 11 is 0. The van der Waals surface area contributed by atoms with Crippen LogP contribution in [0.1, 0.15) is 45.9 Å². The highest BCUT2D eigenvalue weighted by Gasteiger charge is 2.11. The molecule has 1 N–H and O–H groups in total. The van der Waals surface area contributed by atoms with Crippen molar-refractivity contribution in [3.05, 3.63) is 23.4 Å². The highest BCUT2D eigenvalue weighted by atomic mass is 16.5. The van der Waals surface area contributed by atoms with E-state index in [-0.39, 0.29) is 6.10 Å². The summed E-state index contributed by atoms with van der Waals surface area (Å²) in [5.74, 6) is 1.25. The standard InChI is InChI=1S/C15H26N2O/c1-6-14-8-13(10-16-7-2)9-15(17-14)18-12(5)11(3)4/h8-9,11-12,16H,6-7,10H2,1-5H3. The molecule has 0 fully saturated rings. The molecule has 18 heavy (non-hydrogen) atoms. The smallest absolute Gasteiger partial charge is 0.214 e. The van der Waals surface area contributed by atoms with Gasteiger partial charge in [-0.3, -0.25) is 0 Å². The summed E-state index contributed by atoms with van der Waals surface area (Å²) < 4.78 is 5.90. The lowest BCUT2D eigenvalue weighted by Crippen LogP contribution is -2.20. The van der Waals surface area contributed by atoms with Crippen LogP contribution < -0.4 is 10.1 Å². The Balaban J connectivity index is 2.82. The van der Waals surface area contributed by atoms with Crippen LogP contribution in [0.2, 0.25) is 0 Å². The number of aryl methyl sites for hydroxylation is 1. The van der Waals surface area contributed by atoms with Crippen LogP contribution in [0.25, 0.3) is 0 Å². The molecule has 1 heterocycles. The first-order valence-corrected chi connectivity index (χ1v) is 6.94. The molecule has 3 nitrogen and oxygen atoms in total. The van der Waals surface area contributed by atoms with Gasteiger partial charge >= 0.3 is 0 Å². The van der Waals surface area contributed by atoms with Gasteiger partial charge in [-0.05, 0) is 37.4 Å². The molecule has 0 aromatic carbocycles. The summed E-state index contributed by atoms with van der Waals surface area (Å²) in [7, 11) is 0. The number of rotatable bonds is 7. The van der Waals surface area contributed by atoms with Gasteiger partial charge in [0.15, 0.2) is 0 Å². The molecule has 1 atom stereocenters. The fourth-order valence-corrected chi connectivity index (χ4v) is 1.56. The molecule has 0 bridgehead atoms. The monoisotopic (exact) mass is 250 g/mol. The molecule has 1 unspecified atom stereocenters. The Morgan fingerprint density at radius 1 is 1.22 bits per heavy atom. The molecule has 0 aliphatic heterocycles. The van der Waals surface area contributed by atoms with E-state index in [1.807, 2.05) is 6.07 Å². The molecule has 3 heteroatoms. The zero-order valence-corrected chi connectivity index (χ0v) is 12.3. The Morgan fingerprint density at radius 3 is 2.50 bits per heavy atom. The maximum Gasteiger partial charge on any atom is 0.214 e. The summed E-state index contributed by atoms with van der Waals surface area (Å²) in [5, 5.41) is 3.34. The summed E-state index contributed by atoms with van der Waals surface area (Å²) in [5.41, 5.74) is 2.34. The van der Waals surface area contributed by atoms with E-state index >= 15 is 0 Å². The van der Waals surface area contributed by atoms with Crippen molar-refractivity contribution in [2.24, 2.45) is 5.92 Å². The maximum atomic E-state index is 5.90. The van der Waals surface area contributed by atoms with E-state index in [2.05, 4.69) is 51.0 Å². The highest BCUT2D eigenvalue weighted by Crippen LogP contribution is 2.17. The predicted molar refractivity (Wildman–Crippen MR) is 75.9 cm³/mol. The van der Waals surface area contributed by atoms with Crippen LogP contribution in [-0.2, 0) is 13.0 Å². The Kier molecular flexibility index (Phi) is 6.13. The van der Waals surface area contributed by atoms with Gasteiger partial charge in [-0.15, -0.1) is 0 Å². The van der Waals surface area contributed by atoms with Crippen molar-refractivity contribution in [1.82, 2.24) is 10.3 Å². The number of hydrogen-bond donors (Lipinski definition) is 1. The quantitative estimate of drug-likeness (QED) is 0.807. The second-order valence-corrected chi connectivity index (χ2v) is 5.01. The fraction of sp³-hybridized carbons (Fsp3) is 0.667. The van der Waals surface area contributed by atoms with Crippen LogP contribution in [0.5, 0.6) is 5.88 Å². The average molecular weight is 250 g/mol. The van der Waals surface area contributed by atoms with Crippen molar-refractivity contribution in [3.8, 4) is 5.88 Å². The zero-order chi connectivity index (χ0) is 13.5. The minimum absolute atomic E-state index is 0.191. The van der Waals surface area contributed by atoms with Crippen LogP contribution in [0.15, 0.2) is 12.1 Å². The first-order chi connectivity index (χ1) is 8.56. The molecule has 0 spiro atoms. The van der Waals surface area contributed by atoms with Gasteiger partial charge in [-0.25, -0.2) is 4.98 Å². The number of aromatic nitrogens is 1. The molecule has 1 aromatic rings. The number of pyridine rings is 1. The Morgan fingerprint density at radius 2 is 1.94 bits per heavy atom. The van der Waals surface area contributed by atoms with Gasteiger partial charge in [0.05, 0.1) is 6.10 Å². The van der Waals surface area contributed by atoms with Crippen LogP contribution in [0, 0.1) is 5.92 Å². The summed E-state index contributed by atoms with van der Waals surface area (Å²) in [6.07, 6.45) is 1.13. The maximum absolute atomic E-state index is 5.90. The van der Waals surface area contributed by atoms with E-state index in [9.17, 15) is 0 Å². The molecule has 102 valence electrons. The number of nitrogens with one attached hydrogen (secondary N) is 1.